The first kappa shape index (κ1) is 21.0. The molecule has 1 aromatic carbocycles. The van der Waals surface area contributed by atoms with Crippen molar-refractivity contribution < 1.29 is 28.6 Å². The van der Waals surface area contributed by atoms with E-state index in [2.05, 4.69) is 5.32 Å². The van der Waals surface area contributed by atoms with E-state index >= 15 is 0 Å². The number of aryl methyl sites for hydroxylation is 1. The number of aromatic nitrogens is 1. The Morgan fingerprint density at radius 2 is 1.79 bits per heavy atom. The third kappa shape index (κ3) is 5.35. The van der Waals surface area contributed by atoms with Crippen LogP contribution >= 0.6 is 0 Å². The summed E-state index contributed by atoms with van der Waals surface area (Å²) in [6.45, 7) is 1.39. The topological polar surface area (TPSA) is 95.9 Å². The zero-order valence-corrected chi connectivity index (χ0v) is 16.4. The standard InChI is InChI=1S/C20H24N2O6/c1-13(23)15-10-16(22(2)11-15)20(25)28-12-19(24)21-8-7-14-5-6-17(26-3)18(9-14)27-4/h5-6,9-11H,7-8,12H2,1-4H3,(H,21,24). The Morgan fingerprint density at radius 3 is 2.39 bits per heavy atom. The van der Waals surface area contributed by atoms with Crippen molar-refractivity contribution in [2.24, 2.45) is 7.05 Å². The first-order chi connectivity index (χ1) is 13.3. The molecule has 1 amide bonds. The molecule has 8 heteroatoms. The number of Topliss-reactive ketones (excluding diaryl/α,β-unsaturated/α-hetero) is 1. The number of nitrogens with one attached hydrogen (secondary N) is 1. The molecule has 2 rings (SSSR count). The smallest absolute Gasteiger partial charge is 0.355 e. The number of ketones is 1. The van der Waals surface area contributed by atoms with E-state index in [0.29, 0.717) is 30.0 Å². The van der Waals surface area contributed by atoms with Gasteiger partial charge in [-0.25, -0.2) is 4.79 Å². The summed E-state index contributed by atoms with van der Waals surface area (Å²) in [7, 11) is 4.76. The van der Waals surface area contributed by atoms with E-state index in [4.69, 9.17) is 14.2 Å². The summed E-state index contributed by atoms with van der Waals surface area (Å²) < 4.78 is 16.9. The molecule has 150 valence electrons. The van der Waals surface area contributed by atoms with Gasteiger partial charge in [0.15, 0.2) is 23.9 Å². The Morgan fingerprint density at radius 1 is 1.07 bits per heavy atom. The molecular formula is C20H24N2O6. The summed E-state index contributed by atoms with van der Waals surface area (Å²) in [5, 5.41) is 2.69. The molecule has 0 saturated carbocycles. The minimum atomic E-state index is -0.662. The summed E-state index contributed by atoms with van der Waals surface area (Å²) >= 11 is 0. The van der Waals surface area contributed by atoms with Crippen molar-refractivity contribution >= 4 is 17.7 Å². The van der Waals surface area contributed by atoms with Crippen molar-refractivity contribution in [2.45, 2.75) is 13.3 Å². The van der Waals surface area contributed by atoms with Crippen LogP contribution in [0.5, 0.6) is 11.5 Å². The number of methoxy groups -OCH3 is 2. The molecule has 0 spiro atoms. The highest BCUT2D eigenvalue weighted by atomic mass is 16.5. The monoisotopic (exact) mass is 388 g/mol. The van der Waals surface area contributed by atoms with Gasteiger partial charge in [0, 0.05) is 25.4 Å². The van der Waals surface area contributed by atoms with E-state index in [1.54, 1.807) is 33.5 Å². The number of carbonyl (C=O) groups excluding carboxylic acids is 3. The van der Waals surface area contributed by atoms with Crippen LogP contribution < -0.4 is 14.8 Å². The molecule has 0 fully saturated rings. The molecule has 0 saturated heterocycles. The lowest BCUT2D eigenvalue weighted by Gasteiger charge is -2.10. The maximum Gasteiger partial charge on any atom is 0.355 e. The number of hydrogen-bond acceptors (Lipinski definition) is 6. The van der Waals surface area contributed by atoms with E-state index in [1.807, 2.05) is 12.1 Å². The van der Waals surface area contributed by atoms with Crippen LogP contribution in [0, 0.1) is 0 Å². The Labute approximate surface area is 163 Å². The molecule has 2 aromatic rings. The number of esters is 1. The molecule has 1 heterocycles. The highest BCUT2D eigenvalue weighted by Crippen LogP contribution is 2.27. The fourth-order valence-corrected chi connectivity index (χ4v) is 2.60. The van der Waals surface area contributed by atoms with Crippen LogP contribution in [0.2, 0.25) is 0 Å². The van der Waals surface area contributed by atoms with Crippen molar-refractivity contribution in [1.82, 2.24) is 9.88 Å². The van der Waals surface area contributed by atoms with Crippen LogP contribution in [0.25, 0.3) is 0 Å². The van der Waals surface area contributed by atoms with Gasteiger partial charge in [-0.05, 0) is 37.1 Å². The Hall–Kier alpha value is -3.29. The van der Waals surface area contributed by atoms with E-state index in [-0.39, 0.29) is 11.5 Å². The first-order valence-electron chi connectivity index (χ1n) is 8.67. The van der Waals surface area contributed by atoms with E-state index in [9.17, 15) is 14.4 Å². The summed E-state index contributed by atoms with van der Waals surface area (Å²) in [6.07, 6.45) is 2.13. The number of nitrogens with zero attached hydrogens (tertiary/aromatic N) is 1. The van der Waals surface area contributed by atoms with Crippen LogP contribution in [-0.4, -0.2) is 49.6 Å². The van der Waals surface area contributed by atoms with Crippen molar-refractivity contribution in [3.63, 3.8) is 0 Å². The van der Waals surface area contributed by atoms with Crippen molar-refractivity contribution in [3.05, 3.63) is 47.3 Å². The third-order valence-corrected chi connectivity index (χ3v) is 4.14. The summed E-state index contributed by atoms with van der Waals surface area (Å²) in [5.41, 5.74) is 1.59. The molecule has 28 heavy (non-hydrogen) atoms. The van der Waals surface area contributed by atoms with Gasteiger partial charge in [0.05, 0.1) is 14.2 Å². The third-order valence-electron chi connectivity index (χ3n) is 4.14. The highest BCUT2D eigenvalue weighted by Gasteiger charge is 2.16. The molecule has 0 aliphatic rings. The van der Waals surface area contributed by atoms with Crippen molar-refractivity contribution in [3.8, 4) is 11.5 Å². The fraction of sp³-hybridized carbons (Fsp3) is 0.350. The molecule has 8 nitrogen and oxygen atoms in total. The second-order valence-corrected chi connectivity index (χ2v) is 6.15. The Kier molecular flexibility index (Phi) is 7.20. The van der Waals surface area contributed by atoms with Gasteiger partial charge in [-0.15, -0.1) is 0 Å². The highest BCUT2D eigenvalue weighted by molar-refractivity contribution is 5.98. The Balaban J connectivity index is 1.80. The number of hydrogen-bond donors (Lipinski definition) is 1. The van der Waals surface area contributed by atoms with Crippen LogP contribution in [0.15, 0.2) is 30.5 Å². The number of amides is 1. The predicted octanol–water partition coefficient (Wildman–Crippen LogP) is 1.76. The maximum atomic E-state index is 12.1. The second kappa shape index (κ2) is 9.59. The van der Waals surface area contributed by atoms with E-state index < -0.39 is 18.5 Å². The molecule has 1 N–H and O–H groups in total. The van der Waals surface area contributed by atoms with Gasteiger partial charge in [0.1, 0.15) is 5.69 Å². The largest absolute Gasteiger partial charge is 0.493 e. The lowest BCUT2D eigenvalue weighted by Crippen LogP contribution is -2.30. The summed E-state index contributed by atoms with van der Waals surface area (Å²) in [5.74, 6) is 0.0333. The number of rotatable bonds is 9. The van der Waals surface area contributed by atoms with Gasteiger partial charge >= 0.3 is 5.97 Å². The van der Waals surface area contributed by atoms with Gasteiger partial charge in [0.2, 0.25) is 0 Å². The number of carbonyl (C=O) groups is 3. The van der Waals surface area contributed by atoms with Gasteiger partial charge in [0.25, 0.3) is 5.91 Å². The minimum Gasteiger partial charge on any atom is -0.493 e. The zero-order valence-electron chi connectivity index (χ0n) is 16.4. The van der Waals surface area contributed by atoms with Crippen molar-refractivity contribution in [2.75, 3.05) is 27.4 Å². The SMILES string of the molecule is COc1ccc(CCNC(=O)COC(=O)c2cc(C(C)=O)cn2C)cc1OC. The zero-order chi connectivity index (χ0) is 20.7. The number of benzene rings is 1. The van der Waals surface area contributed by atoms with Crippen LogP contribution in [-0.2, 0) is 23.0 Å². The summed E-state index contributed by atoms with van der Waals surface area (Å²) in [4.78, 5) is 35.3. The van der Waals surface area contributed by atoms with E-state index in [1.165, 1.54) is 17.6 Å². The van der Waals surface area contributed by atoms with Crippen molar-refractivity contribution in [1.29, 1.82) is 0 Å². The lowest BCUT2D eigenvalue weighted by atomic mass is 10.1. The van der Waals surface area contributed by atoms with Gasteiger partial charge in [-0.2, -0.15) is 0 Å². The first-order valence-corrected chi connectivity index (χ1v) is 8.67. The van der Waals surface area contributed by atoms with Crippen LogP contribution in [0.4, 0.5) is 0 Å². The molecule has 0 aliphatic heterocycles. The molecule has 0 aliphatic carbocycles. The average Bonchev–Trinajstić information content (AvgIpc) is 3.08. The maximum absolute atomic E-state index is 12.1. The average molecular weight is 388 g/mol. The molecule has 0 unspecified atom stereocenters. The second-order valence-electron chi connectivity index (χ2n) is 6.15. The summed E-state index contributed by atoms with van der Waals surface area (Å²) in [6, 6.07) is 6.97. The molecule has 0 atom stereocenters. The molecular weight excluding hydrogens is 364 g/mol. The number of ether oxygens (including phenoxy) is 3. The van der Waals surface area contributed by atoms with Gasteiger partial charge < -0.3 is 24.1 Å². The molecule has 0 radical (unpaired) electrons. The Bertz CT molecular complexity index is 872. The molecule has 0 bridgehead atoms. The fourth-order valence-electron chi connectivity index (χ4n) is 2.60. The van der Waals surface area contributed by atoms with E-state index in [0.717, 1.165) is 5.56 Å². The van der Waals surface area contributed by atoms with Crippen LogP contribution in [0.3, 0.4) is 0 Å². The van der Waals surface area contributed by atoms with Gasteiger partial charge in [-0.1, -0.05) is 6.07 Å². The van der Waals surface area contributed by atoms with Gasteiger partial charge in [-0.3, -0.25) is 9.59 Å². The minimum absolute atomic E-state index is 0.150. The predicted molar refractivity (Wildman–Crippen MR) is 102 cm³/mol. The molecule has 1 aromatic heterocycles. The lowest BCUT2D eigenvalue weighted by molar-refractivity contribution is -0.124. The quantitative estimate of drug-likeness (QED) is 0.519. The van der Waals surface area contributed by atoms with Crippen LogP contribution in [0.1, 0.15) is 33.3 Å². The normalized spacial score (nSPS) is 10.3.